The van der Waals surface area contributed by atoms with Crippen molar-refractivity contribution in [2.24, 2.45) is 0 Å². The fourth-order valence-electron chi connectivity index (χ4n) is 2.66. The number of esters is 1. The monoisotopic (exact) mass is 359 g/mol. The highest BCUT2D eigenvalue weighted by atomic mass is 32.2. The Labute approximate surface area is 145 Å². The van der Waals surface area contributed by atoms with E-state index in [1.165, 1.54) is 12.1 Å². The van der Waals surface area contributed by atoms with Crippen molar-refractivity contribution in [3.05, 3.63) is 59.2 Å². The topological polar surface area (TPSA) is 89.5 Å². The molecular formula is C18H17NO5S. The first-order valence-electron chi connectivity index (χ1n) is 7.66. The number of rotatable bonds is 3. The maximum absolute atomic E-state index is 12.5. The number of benzene rings is 2. The molecule has 1 unspecified atom stereocenters. The summed E-state index contributed by atoms with van der Waals surface area (Å²) in [6.45, 7) is 1.75. The molecule has 6 nitrogen and oxygen atoms in total. The van der Waals surface area contributed by atoms with Crippen molar-refractivity contribution in [1.29, 1.82) is 0 Å². The Morgan fingerprint density at radius 3 is 2.64 bits per heavy atom. The van der Waals surface area contributed by atoms with Gasteiger partial charge in [-0.2, -0.15) is 0 Å². The molecule has 0 aromatic heterocycles. The predicted molar refractivity (Wildman–Crippen MR) is 92.3 cm³/mol. The molecule has 0 radical (unpaired) electrons. The minimum atomic E-state index is -3.39. The average molecular weight is 359 g/mol. The fraction of sp³-hybridized carbons (Fsp3) is 0.222. The molecule has 1 aliphatic rings. The number of fused-ring (bicyclic) bond motifs is 1. The molecular weight excluding hydrogens is 342 g/mol. The lowest BCUT2D eigenvalue weighted by molar-refractivity contribution is -0.125. The van der Waals surface area contributed by atoms with Gasteiger partial charge < -0.3 is 10.1 Å². The van der Waals surface area contributed by atoms with Crippen molar-refractivity contribution < 1.29 is 22.7 Å². The van der Waals surface area contributed by atoms with E-state index in [9.17, 15) is 18.0 Å². The number of nitrogens with one attached hydrogen (secondary N) is 1. The van der Waals surface area contributed by atoms with E-state index in [-0.39, 0.29) is 11.3 Å². The molecule has 0 bridgehead atoms. The van der Waals surface area contributed by atoms with Crippen LogP contribution in [0.2, 0.25) is 0 Å². The van der Waals surface area contributed by atoms with Gasteiger partial charge in [-0.15, -0.1) is 0 Å². The SMILES string of the molecule is Cc1ccc(S(C)(=O)=O)cc1NC(=O)C1Cc2ccccc2C(=O)O1. The van der Waals surface area contributed by atoms with Gasteiger partial charge in [-0.25, -0.2) is 13.2 Å². The Kier molecular flexibility index (Phi) is 4.34. The molecule has 1 aliphatic heterocycles. The first kappa shape index (κ1) is 17.2. The summed E-state index contributed by atoms with van der Waals surface area (Å²) in [6, 6.07) is 11.5. The van der Waals surface area contributed by atoms with Gasteiger partial charge in [-0.1, -0.05) is 24.3 Å². The van der Waals surface area contributed by atoms with Gasteiger partial charge in [0.15, 0.2) is 15.9 Å². The van der Waals surface area contributed by atoms with Gasteiger partial charge in [0.05, 0.1) is 10.5 Å². The lowest BCUT2D eigenvalue weighted by Gasteiger charge is -2.24. The fourth-order valence-corrected chi connectivity index (χ4v) is 3.30. The van der Waals surface area contributed by atoms with Crippen LogP contribution in [0.3, 0.4) is 0 Å². The van der Waals surface area contributed by atoms with Gasteiger partial charge in [0, 0.05) is 18.4 Å². The summed E-state index contributed by atoms with van der Waals surface area (Å²) in [6.07, 6.45) is 0.422. The second-order valence-corrected chi connectivity index (χ2v) is 8.01. The summed E-state index contributed by atoms with van der Waals surface area (Å²) in [4.78, 5) is 24.6. The molecule has 130 valence electrons. The second kappa shape index (κ2) is 6.33. The molecule has 1 N–H and O–H groups in total. The first-order chi connectivity index (χ1) is 11.8. The van der Waals surface area contributed by atoms with E-state index >= 15 is 0 Å². The van der Waals surface area contributed by atoms with Gasteiger partial charge in [0.1, 0.15) is 0 Å². The number of aryl methyl sites for hydroxylation is 1. The van der Waals surface area contributed by atoms with Crippen molar-refractivity contribution in [3.8, 4) is 0 Å². The zero-order valence-corrected chi connectivity index (χ0v) is 14.6. The van der Waals surface area contributed by atoms with Crippen LogP contribution < -0.4 is 5.32 Å². The normalized spacial score (nSPS) is 16.7. The zero-order chi connectivity index (χ0) is 18.2. The molecule has 1 atom stereocenters. The first-order valence-corrected chi connectivity index (χ1v) is 9.55. The largest absolute Gasteiger partial charge is 0.448 e. The van der Waals surface area contributed by atoms with Crippen molar-refractivity contribution >= 4 is 27.4 Å². The summed E-state index contributed by atoms with van der Waals surface area (Å²) in [5, 5.41) is 2.66. The Balaban J connectivity index is 1.83. The van der Waals surface area contributed by atoms with Crippen LogP contribution in [-0.4, -0.2) is 32.7 Å². The van der Waals surface area contributed by atoms with Crippen LogP contribution in [0.1, 0.15) is 21.5 Å². The summed E-state index contributed by atoms with van der Waals surface area (Å²) in [7, 11) is -3.39. The maximum Gasteiger partial charge on any atom is 0.339 e. The minimum absolute atomic E-state index is 0.111. The van der Waals surface area contributed by atoms with Crippen LogP contribution in [-0.2, 0) is 25.8 Å². The highest BCUT2D eigenvalue weighted by Gasteiger charge is 2.31. The van der Waals surface area contributed by atoms with Gasteiger partial charge in [0.25, 0.3) is 5.91 Å². The van der Waals surface area contributed by atoms with Gasteiger partial charge in [-0.3, -0.25) is 4.79 Å². The Hall–Kier alpha value is -2.67. The smallest absolute Gasteiger partial charge is 0.339 e. The van der Waals surface area contributed by atoms with Crippen molar-refractivity contribution in [2.45, 2.75) is 24.3 Å². The van der Waals surface area contributed by atoms with Crippen LogP contribution >= 0.6 is 0 Å². The number of sulfone groups is 1. The summed E-state index contributed by atoms with van der Waals surface area (Å²) >= 11 is 0. The Bertz CT molecular complexity index is 965. The van der Waals surface area contributed by atoms with E-state index < -0.39 is 27.8 Å². The van der Waals surface area contributed by atoms with E-state index in [4.69, 9.17) is 4.74 Å². The van der Waals surface area contributed by atoms with Crippen LogP contribution in [0.15, 0.2) is 47.4 Å². The molecule has 2 aromatic carbocycles. The standard InChI is InChI=1S/C18H17NO5S/c1-11-7-8-13(25(2,22)23)10-15(11)19-17(20)16-9-12-5-3-4-6-14(12)18(21)24-16/h3-8,10,16H,9H2,1-2H3,(H,19,20). The maximum atomic E-state index is 12.5. The van der Waals surface area contributed by atoms with Crippen molar-refractivity contribution in [2.75, 3.05) is 11.6 Å². The molecule has 0 saturated heterocycles. The molecule has 3 rings (SSSR count). The van der Waals surface area contributed by atoms with E-state index in [2.05, 4.69) is 5.32 Å². The molecule has 2 aromatic rings. The van der Waals surface area contributed by atoms with Gasteiger partial charge in [0.2, 0.25) is 0 Å². The van der Waals surface area contributed by atoms with Crippen molar-refractivity contribution in [3.63, 3.8) is 0 Å². The highest BCUT2D eigenvalue weighted by molar-refractivity contribution is 7.90. The molecule has 0 aliphatic carbocycles. The molecule has 0 saturated carbocycles. The molecule has 1 heterocycles. The molecule has 25 heavy (non-hydrogen) atoms. The summed E-state index contributed by atoms with van der Waals surface area (Å²) in [5.41, 5.74) is 2.30. The summed E-state index contributed by atoms with van der Waals surface area (Å²) in [5.74, 6) is -1.03. The molecule has 0 fully saturated rings. The summed E-state index contributed by atoms with van der Waals surface area (Å²) < 4.78 is 28.6. The van der Waals surface area contributed by atoms with Crippen LogP contribution in [0.25, 0.3) is 0 Å². The van der Waals surface area contributed by atoms with Gasteiger partial charge in [-0.05, 0) is 36.2 Å². The highest BCUT2D eigenvalue weighted by Crippen LogP contribution is 2.24. The number of anilines is 1. The predicted octanol–water partition coefficient (Wildman–Crippen LogP) is 2.12. The van der Waals surface area contributed by atoms with Crippen LogP contribution in [0.4, 0.5) is 5.69 Å². The number of carbonyl (C=O) groups excluding carboxylic acids is 2. The molecule has 7 heteroatoms. The third-order valence-corrected chi connectivity index (χ3v) is 5.19. The van der Waals surface area contributed by atoms with Crippen molar-refractivity contribution in [1.82, 2.24) is 0 Å². The van der Waals surface area contributed by atoms with E-state index in [0.717, 1.165) is 11.8 Å². The number of amides is 1. The number of cyclic esters (lactones) is 1. The number of ether oxygens (including phenoxy) is 1. The van der Waals surface area contributed by atoms with E-state index in [0.29, 0.717) is 16.8 Å². The Morgan fingerprint density at radius 1 is 1.20 bits per heavy atom. The lowest BCUT2D eigenvalue weighted by atomic mass is 9.98. The second-order valence-electron chi connectivity index (χ2n) is 5.99. The van der Waals surface area contributed by atoms with E-state index in [1.807, 2.05) is 0 Å². The quantitative estimate of drug-likeness (QED) is 0.848. The van der Waals surface area contributed by atoms with E-state index in [1.54, 1.807) is 37.3 Å². The van der Waals surface area contributed by atoms with Crippen LogP contribution in [0, 0.1) is 6.92 Å². The van der Waals surface area contributed by atoms with Gasteiger partial charge >= 0.3 is 5.97 Å². The minimum Gasteiger partial charge on any atom is -0.448 e. The number of hydrogen-bond donors (Lipinski definition) is 1. The number of hydrogen-bond acceptors (Lipinski definition) is 5. The third kappa shape index (κ3) is 3.56. The zero-order valence-electron chi connectivity index (χ0n) is 13.8. The molecule has 0 spiro atoms. The lowest BCUT2D eigenvalue weighted by Crippen LogP contribution is -2.38. The Morgan fingerprint density at radius 2 is 1.92 bits per heavy atom. The number of carbonyl (C=O) groups is 2. The molecule has 1 amide bonds. The van der Waals surface area contributed by atoms with Crippen LogP contribution in [0.5, 0.6) is 0 Å². The average Bonchev–Trinajstić information content (AvgIpc) is 2.55. The third-order valence-electron chi connectivity index (χ3n) is 4.08.